The van der Waals surface area contributed by atoms with Gasteiger partial charge in [-0.3, -0.25) is 0 Å². The molecular formula is C14H24N2O. The zero-order chi connectivity index (χ0) is 12.7. The van der Waals surface area contributed by atoms with Crippen LogP contribution in [0.5, 0.6) is 0 Å². The van der Waals surface area contributed by atoms with Gasteiger partial charge in [0.2, 0.25) is 0 Å². The summed E-state index contributed by atoms with van der Waals surface area (Å²) in [7, 11) is 0. The molecule has 1 aromatic heterocycles. The first-order chi connectivity index (χ1) is 8.07. The molecule has 3 heteroatoms. The summed E-state index contributed by atoms with van der Waals surface area (Å²) < 4.78 is 5.83. The van der Waals surface area contributed by atoms with Gasteiger partial charge in [0.25, 0.3) is 0 Å². The Labute approximate surface area is 105 Å². The van der Waals surface area contributed by atoms with Crippen LogP contribution in [0.15, 0.2) is 18.2 Å². The minimum absolute atomic E-state index is 0.0749. The van der Waals surface area contributed by atoms with Crippen molar-refractivity contribution in [3.05, 3.63) is 23.9 Å². The van der Waals surface area contributed by atoms with E-state index in [0.29, 0.717) is 6.61 Å². The van der Waals surface area contributed by atoms with E-state index < -0.39 is 0 Å². The number of anilines is 1. The van der Waals surface area contributed by atoms with Crippen molar-refractivity contribution in [1.29, 1.82) is 0 Å². The van der Waals surface area contributed by atoms with Gasteiger partial charge in [-0.05, 0) is 38.8 Å². The predicted molar refractivity (Wildman–Crippen MR) is 72.2 cm³/mol. The molecule has 3 nitrogen and oxygen atoms in total. The van der Waals surface area contributed by atoms with Crippen LogP contribution in [0, 0.1) is 0 Å². The number of hydrogen-bond acceptors (Lipinski definition) is 3. The molecule has 0 bridgehead atoms. The lowest BCUT2D eigenvalue weighted by Gasteiger charge is -2.23. The van der Waals surface area contributed by atoms with Crippen LogP contribution in [0.4, 0.5) is 5.82 Å². The van der Waals surface area contributed by atoms with Gasteiger partial charge >= 0.3 is 0 Å². The van der Waals surface area contributed by atoms with E-state index in [0.717, 1.165) is 30.9 Å². The normalized spacial score (nSPS) is 11.5. The van der Waals surface area contributed by atoms with Crippen LogP contribution >= 0.6 is 0 Å². The van der Waals surface area contributed by atoms with Gasteiger partial charge in [0.15, 0.2) is 0 Å². The third-order valence-corrected chi connectivity index (χ3v) is 2.83. The van der Waals surface area contributed by atoms with Crippen molar-refractivity contribution in [3.63, 3.8) is 0 Å². The smallest absolute Gasteiger partial charge is 0.126 e. The largest absolute Gasteiger partial charge is 0.370 e. The standard InChI is InChI=1S/C14H24N2O/c1-5-10-15-13-9-7-8-12(16-13)11-17-14(3,4)6-2/h7-9H,5-6,10-11H2,1-4H3,(H,15,16). The highest BCUT2D eigenvalue weighted by atomic mass is 16.5. The third-order valence-electron chi connectivity index (χ3n) is 2.83. The molecular weight excluding hydrogens is 212 g/mol. The first kappa shape index (κ1) is 14.0. The summed E-state index contributed by atoms with van der Waals surface area (Å²) in [5, 5.41) is 3.28. The van der Waals surface area contributed by atoms with Crippen molar-refractivity contribution in [2.45, 2.75) is 52.7 Å². The van der Waals surface area contributed by atoms with E-state index in [1.54, 1.807) is 0 Å². The van der Waals surface area contributed by atoms with Crippen molar-refractivity contribution in [2.75, 3.05) is 11.9 Å². The summed E-state index contributed by atoms with van der Waals surface area (Å²) in [6.45, 7) is 10.0. The summed E-state index contributed by atoms with van der Waals surface area (Å²) in [6.07, 6.45) is 2.10. The highest BCUT2D eigenvalue weighted by Gasteiger charge is 2.15. The fourth-order valence-corrected chi connectivity index (χ4v) is 1.28. The highest BCUT2D eigenvalue weighted by Crippen LogP contribution is 2.16. The van der Waals surface area contributed by atoms with Crippen molar-refractivity contribution in [1.82, 2.24) is 4.98 Å². The van der Waals surface area contributed by atoms with E-state index in [4.69, 9.17) is 4.74 Å². The fraction of sp³-hybridized carbons (Fsp3) is 0.643. The van der Waals surface area contributed by atoms with Crippen molar-refractivity contribution >= 4 is 5.82 Å². The number of hydrogen-bond donors (Lipinski definition) is 1. The number of nitrogens with zero attached hydrogens (tertiary/aromatic N) is 1. The van der Waals surface area contributed by atoms with E-state index in [2.05, 4.69) is 38.0 Å². The Bertz CT molecular complexity index is 337. The van der Waals surface area contributed by atoms with E-state index in [1.165, 1.54) is 0 Å². The molecule has 1 rings (SSSR count). The van der Waals surface area contributed by atoms with Crippen LogP contribution in [-0.2, 0) is 11.3 Å². The van der Waals surface area contributed by atoms with Gasteiger partial charge in [-0.15, -0.1) is 0 Å². The molecule has 17 heavy (non-hydrogen) atoms. The number of aromatic nitrogens is 1. The van der Waals surface area contributed by atoms with Gasteiger partial charge in [-0.2, -0.15) is 0 Å². The van der Waals surface area contributed by atoms with E-state index in [1.807, 2.05) is 18.2 Å². The number of ether oxygens (including phenoxy) is 1. The zero-order valence-corrected chi connectivity index (χ0v) is 11.4. The van der Waals surface area contributed by atoms with Gasteiger partial charge in [0.05, 0.1) is 17.9 Å². The summed E-state index contributed by atoms with van der Waals surface area (Å²) in [6, 6.07) is 6.01. The molecule has 0 fully saturated rings. The first-order valence-corrected chi connectivity index (χ1v) is 6.41. The minimum atomic E-state index is -0.0749. The quantitative estimate of drug-likeness (QED) is 0.785. The van der Waals surface area contributed by atoms with Gasteiger partial charge < -0.3 is 10.1 Å². The Morgan fingerprint density at radius 1 is 1.29 bits per heavy atom. The van der Waals surface area contributed by atoms with Crippen LogP contribution in [0.3, 0.4) is 0 Å². The highest BCUT2D eigenvalue weighted by molar-refractivity contribution is 5.34. The van der Waals surface area contributed by atoms with E-state index >= 15 is 0 Å². The molecule has 0 aliphatic carbocycles. The lowest BCUT2D eigenvalue weighted by Crippen LogP contribution is -2.23. The van der Waals surface area contributed by atoms with E-state index in [9.17, 15) is 0 Å². The molecule has 0 aromatic carbocycles. The minimum Gasteiger partial charge on any atom is -0.370 e. The maximum Gasteiger partial charge on any atom is 0.126 e. The molecule has 0 spiro atoms. The summed E-state index contributed by atoms with van der Waals surface area (Å²) in [4.78, 5) is 4.51. The lowest BCUT2D eigenvalue weighted by atomic mass is 10.1. The predicted octanol–water partition coefficient (Wildman–Crippen LogP) is 3.61. The third kappa shape index (κ3) is 5.18. The first-order valence-electron chi connectivity index (χ1n) is 6.41. The van der Waals surface area contributed by atoms with Crippen LogP contribution in [0.25, 0.3) is 0 Å². The second-order valence-electron chi connectivity index (χ2n) is 4.84. The molecule has 1 aromatic rings. The average Bonchev–Trinajstić information content (AvgIpc) is 2.35. The average molecular weight is 236 g/mol. The van der Waals surface area contributed by atoms with Crippen LogP contribution in [-0.4, -0.2) is 17.1 Å². The molecule has 0 atom stereocenters. The Hall–Kier alpha value is -1.09. The van der Waals surface area contributed by atoms with Crippen molar-refractivity contribution in [2.24, 2.45) is 0 Å². The van der Waals surface area contributed by atoms with Crippen molar-refractivity contribution < 1.29 is 4.74 Å². The van der Waals surface area contributed by atoms with Crippen molar-refractivity contribution in [3.8, 4) is 0 Å². The van der Waals surface area contributed by atoms with E-state index in [-0.39, 0.29) is 5.60 Å². The summed E-state index contributed by atoms with van der Waals surface area (Å²) in [5.41, 5.74) is 0.904. The van der Waals surface area contributed by atoms with Gasteiger partial charge in [0.1, 0.15) is 5.82 Å². The SMILES string of the molecule is CCCNc1cccc(COC(C)(C)CC)n1. The van der Waals surface area contributed by atoms with Crippen LogP contribution in [0.2, 0.25) is 0 Å². The Morgan fingerprint density at radius 2 is 2.06 bits per heavy atom. The lowest BCUT2D eigenvalue weighted by molar-refractivity contribution is -0.0329. The van der Waals surface area contributed by atoms with Gasteiger partial charge in [0, 0.05) is 6.54 Å². The van der Waals surface area contributed by atoms with Crippen LogP contribution < -0.4 is 5.32 Å². The Morgan fingerprint density at radius 3 is 2.71 bits per heavy atom. The summed E-state index contributed by atoms with van der Waals surface area (Å²) >= 11 is 0. The van der Waals surface area contributed by atoms with Gasteiger partial charge in [-0.1, -0.05) is 19.9 Å². The Balaban J connectivity index is 2.53. The summed E-state index contributed by atoms with van der Waals surface area (Å²) in [5.74, 6) is 0.933. The molecule has 0 saturated carbocycles. The number of rotatable bonds is 7. The monoisotopic (exact) mass is 236 g/mol. The Kier molecular flexibility index (Phi) is 5.42. The maximum atomic E-state index is 5.83. The maximum absolute atomic E-state index is 5.83. The molecule has 1 N–H and O–H groups in total. The number of pyridine rings is 1. The molecule has 0 amide bonds. The van der Waals surface area contributed by atoms with Gasteiger partial charge in [-0.25, -0.2) is 4.98 Å². The fourth-order valence-electron chi connectivity index (χ4n) is 1.28. The molecule has 96 valence electrons. The molecule has 0 aliphatic heterocycles. The molecule has 0 radical (unpaired) electrons. The van der Waals surface area contributed by atoms with Crippen LogP contribution in [0.1, 0.15) is 46.2 Å². The second kappa shape index (κ2) is 6.60. The molecule has 0 aliphatic rings. The number of nitrogens with one attached hydrogen (secondary N) is 1. The molecule has 0 saturated heterocycles. The molecule has 1 heterocycles. The molecule has 0 unspecified atom stereocenters. The topological polar surface area (TPSA) is 34.1 Å². The second-order valence-corrected chi connectivity index (χ2v) is 4.84. The zero-order valence-electron chi connectivity index (χ0n) is 11.4.